The molecule has 0 radical (unpaired) electrons. The van der Waals surface area contributed by atoms with E-state index in [0.29, 0.717) is 0 Å². The van der Waals surface area contributed by atoms with Crippen LogP contribution in [-0.4, -0.2) is 112 Å². The number of nitrogens with zero attached hydrogens (tertiary/aromatic N) is 4. The number of anilines is 1. The van der Waals surface area contributed by atoms with Gasteiger partial charge in [0.1, 0.15) is 42.4 Å². The third-order valence-corrected chi connectivity index (χ3v) is 8.64. The Morgan fingerprint density at radius 1 is 1.00 bits per heavy atom. The lowest BCUT2D eigenvalue weighted by atomic mass is 10.1. The van der Waals surface area contributed by atoms with Crippen molar-refractivity contribution in [2.75, 3.05) is 18.9 Å². The van der Waals surface area contributed by atoms with Crippen LogP contribution in [0.15, 0.2) is 12.7 Å². The second-order valence-electron chi connectivity index (χ2n) is 9.35. The molecule has 2 fully saturated rings. The van der Waals surface area contributed by atoms with E-state index in [1.807, 2.05) is 0 Å². The molecule has 2 saturated heterocycles. The average molecular weight is 629 g/mol. The molecule has 4 heterocycles. The van der Waals surface area contributed by atoms with Crippen LogP contribution in [0.4, 0.5) is 5.82 Å². The zero-order valence-corrected chi connectivity index (χ0v) is 23.2. The van der Waals surface area contributed by atoms with E-state index >= 15 is 0 Å². The van der Waals surface area contributed by atoms with E-state index in [1.54, 1.807) is 0 Å². The van der Waals surface area contributed by atoms with E-state index in [2.05, 4.69) is 28.3 Å². The fourth-order valence-corrected chi connectivity index (χ4v) is 6.03. The molecular weight excluding hydrogens is 600 g/mol. The van der Waals surface area contributed by atoms with Crippen LogP contribution in [0.25, 0.3) is 11.2 Å². The fourth-order valence-electron chi connectivity index (χ4n) is 3.93. The van der Waals surface area contributed by atoms with Gasteiger partial charge in [-0.2, -0.15) is 4.31 Å². The van der Waals surface area contributed by atoms with Crippen molar-refractivity contribution >= 4 is 38.6 Å². The van der Waals surface area contributed by atoms with E-state index in [9.17, 15) is 44.1 Å². The molecule has 3 unspecified atom stereocenters. The number of imidazole rings is 1. The van der Waals surface area contributed by atoms with Crippen LogP contribution in [0, 0.1) is 5.92 Å². The monoisotopic (exact) mass is 629 g/mol. The van der Waals surface area contributed by atoms with Crippen molar-refractivity contribution in [3.8, 4) is 0 Å². The highest BCUT2D eigenvalue weighted by Crippen LogP contribution is 2.60. The number of carbonyl (C=O) groups excluding carboxylic acids is 1. The molecule has 4 rings (SSSR count). The smallest absolute Gasteiger partial charge is 0.456 e. The first kappa shape index (κ1) is 31.8. The van der Waals surface area contributed by atoms with Crippen molar-refractivity contribution in [1.82, 2.24) is 19.5 Å². The highest BCUT2D eigenvalue weighted by Gasteiger charge is 2.49. The minimum absolute atomic E-state index is 0.0506. The summed E-state index contributed by atoms with van der Waals surface area (Å²) in [5, 5.41) is 40.5. The van der Waals surface area contributed by atoms with Crippen molar-refractivity contribution in [2.45, 2.75) is 63.0 Å². The van der Waals surface area contributed by atoms with Crippen LogP contribution in [0.5, 0.6) is 0 Å². The summed E-state index contributed by atoms with van der Waals surface area (Å²) in [4.78, 5) is 43.6. The van der Waals surface area contributed by atoms with E-state index in [4.69, 9.17) is 19.9 Å². The number of phosphoric acid groups is 2. The van der Waals surface area contributed by atoms with Crippen LogP contribution in [0.3, 0.4) is 0 Å². The molecule has 8 N–H and O–H groups in total. The molecule has 230 valence electrons. The molecule has 10 atom stereocenters. The van der Waals surface area contributed by atoms with Crippen molar-refractivity contribution in [3.63, 3.8) is 0 Å². The summed E-state index contributed by atoms with van der Waals surface area (Å²) >= 11 is 0. The first-order chi connectivity index (χ1) is 19.1. The molecule has 0 saturated carbocycles. The number of esters is 1. The van der Waals surface area contributed by atoms with Gasteiger partial charge in [0.25, 0.3) is 0 Å². The van der Waals surface area contributed by atoms with Gasteiger partial charge in [0.05, 0.1) is 25.5 Å². The Kier molecular flexibility index (Phi) is 9.46. The number of hydrogen-bond donors (Lipinski definition) is 7. The van der Waals surface area contributed by atoms with Crippen LogP contribution >= 0.6 is 15.6 Å². The first-order valence-corrected chi connectivity index (χ1v) is 14.9. The van der Waals surface area contributed by atoms with Gasteiger partial charge in [-0.3, -0.25) is 18.4 Å². The van der Waals surface area contributed by atoms with Crippen molar-refractivity contribution in [3.05, 3.63) is 12.7 Å². The molecule has 0 aliphatic carbocycles. The fraction of sp³-hybridized carbons (Fsp3) is 0.684. The summed E-state index contributed by atoms with van der Waals surface area (Å²) in [6.45, 7) is 1.18. The highest BCUT2D eigenvalue weighted by molar-refractivity contribution is 7.61. The summed E-state index contributed by atoms with van der Waals surface area (Å²) in [6, 6.07) is 0. The minimum atomic E-state index is -5.37. The molecule has 2 aliphatic rings. The Bertz CT molecular complexity index is 1350. The Labute approximate surface area is 230 Å². The summed E-state index contributed by atoms with van der Waals surface area (Å²) in [5.41, 5.74) is 6.09. The number of aliphatic hydroxyl groups is 4. The van der Waals surface area contributed by atoms with E-state index in [1.165, 1.54) is 24.7 Å². The Balaban J connectivity index is 1.33. The third-order valence-electron chi connectivity index (χ3n) is 6.04. The normalized spacial score (nSPS) is 33.2. The lowest BCUT2D eigenvalue weighted by molar-refractivity contribution is -0.160. The molecule has 22 heteroatoms. The minimum Gasteiger partial charge on any atom is -0.456 e. The number of aliphatic hydroxyl groups excluding tert-OH is 4. The number of nitrogens with two attached hydrogens (primary N) is 1. The van der Waals surface area contributed by atoms with Gasteiger partial charge < -0.3 is 50.2 Å². The lowest BCUT2D eigenvalue weighted by Gasteiger charge is -2.23. The number of fused-ring (bicyclic) bond motifs is 1. The number of carbonyl (C=O) groups is 1. The number of phosphoric ester groups is 2. The maximum atomic E-state index is 12.4. The van der Waals surface area contributed by atoms with Crippen LogP contribution in [0.1, 0.15) is 20.1 Å². The van der Waals surface area contributed by atoms with Gasteiger partial charge in [0.15, 0.2) is 30.1 Å². The van der Waals surface area contributed by atoms with Crippen molar-refractivity contribution in [1.29, 1.82) is 0 Å². The summed E-state index contributed by atoms with van der Waals surface area (Å²) in [6.07, 6.45) is -10.1. The van der Waals surface area contributed by atoms with Gasteiger partial charge in [0.2, 0.25) is 0 Å². The summed E-state index contributed by atoms with van der Waals surface area (Å²) in [5.74, 6) is -1.33. The van der Waals surface area contributed by atoms with Crippen LogP contribution in [0.2, 0.25) is 0 Å². The Hall–Kier alpha value is -2.16. The standard InChI is InChI=1S/C19H29N5O15P2/c1-7(2)18(28)38-14-9(37-19(29)13(14)27)4-35-41(32,33)39-40(30,31)34-3-8-11(25)12(26)17(36-8)24-6-23-10-15(20)21-5-22-16(10)24/h5-9,11-14,17,19,25-27,29H,3-4H2,1-2H3,(H,30,31)(H,32,33)(H2,20,21,22)/t8-,9-,11-,12-,13-,14-,17-,19?/m1/s1. The van der Waals surface area contributed by atoms with E-state index in [-0.39, 0.29) is 17.0 Å². The van der Waals surface area contributed by atoms with Gasteiger partial charge in [0, 0.05) is 0 Å². The number of ether oxygens (including phenoxy) is 3. The predicted molar refractivity (Wildman–Crippen MR) is 130 cm³/mol. The van der Waals surface area contributed by atoms with Crippen LogP contribution in [-0.2, 0) is 41.5 Å². The second kappa shape index (κ2) is 12.2. The lowest BCUT2D eigenvalue weighted by Crippen LogP contribution is -2.39. The first-order valence-electron chi connectivity index (χ1n) is 11.9. The number of aromatic nitrogens is 4. The molecule has 0 aromatic carbocycles. The van der Waals surface area contributed by atoms with E-state index < -0.39 is 89.9 Å². The quantitative estimate of drug-likeness (QED) is 0.104. The van der Waals surface area contributed by atoms with Gasteiger partial charge in [-0.1, -0.05) is 13.8 Å². The molecular formula is C19H29N5O15P2. The molecule has 20 nitrogen and oxygen atoms in total. The number of hydrogen-bond acceptors (Lipinski definition) is 17. The van der Waals surface area contributed by atoms with Crippen molar-refractivity contribution < 1.29 is 71.7 Å². The number of nitrogen functional groups attached to an aromatic ring is 1. The maximum absolute atomic E-state index is 12.4. The maximum Gasteiger partial charge on any atom is 0.481 e. The Morgan fingerprint density at radius 2 is 1.63 bits per heavy atom. The van der Waals surface area contributed by atoms with Gasteiger partial charge in [-0.05, 0) is 0 Å². The third kappa shape index (κ3) is 7.08. The van der Waals surface area contributed by atoms with Gasteiger partial charge in [-0.15, -0.1) is 0 Å². The molecule has 0 bridgehead atoms. The molecule has 41 heavy (non-hydrogen) atoms. The number of rotatable bonds is 11. The largest absolute Gasteiger partial charge is 0.481 e. The second-order valence-corrected chi connectivity index (χ2v) is 12.4. The molecule has 2 aromatic rings. The molecule has 0 spiro atoms. The van der Waals surface area contributed by atoms with Crippen molar-refractivity contribution in [2.24, 2.45) is 5.92 Å². The molecule has 2 aliphatic heterocycles. The SMILES string of the molecule is CC(C)C(=O)O[C@@H]1[C@@H](COP(=O)(O)OP(=O)(O)OC[C@H]2O[C@@H](n3cnc4c(N)ncnc43)[C@H](O)[C@@H]2O)OC(O)[C@@H]1O. The Morgan fingerprint density at radius 3 is 2.27 bits per heavy atom. The average Bonchev–Trinajstić information content (AvgIpc) is 3.52. The molecule has 0 amide bonds. The summed E-state index contributed by atoms with van der Waals surface area (Å²) < 4.78 is 55.0. The molecule has 2 aromatic heterocycles. The van der Waals surface area contributed by atoms with Gasteiger partial charge >= 0.3 is 21.6 Å². The predicted octanol–water partition coefficient (Wildman–Crippen LogP) is -2.08. The van der Waals surface area contributed by atoms with Crippen LogP contribution < -0.4 is 5.73 Å². The van der Waals surface area contributed by atoms with Gasteiger partial charge in [-0.25, -0.2) is 24.1 Å². The topological polar surface area (TPSA) is 298 Å². The summed E-state index contributed by atoms with van der Waals surface area (Å²) in [7, 11) is -10.7. The zero-order valence-electron chi connectivity index (χ0n) is 21.4. The highest BCUT2D eigenvalue weighted by atomic mass is 31.3. The van der Waals surface area contributed by atoms with E-state index in [0.717, 1.165) is 6.33 Å². The zero-order chi connectivity index (χ0) is 30.3.